The maximum Gasteiger partial charge on any atom is 0.205 e. The summed E-state index contributed by atoms with van der Waals surface area (Å²) in [6, 6.07) is 7.25. The van der Waals surface area contributed by atoms with Crippen molar-refractivity contribution in [3.8, 4) is 17.6 Å². The largest absolute Gasteiger partial charge is 0.486 e. The van der Waals surface area contributed by atoms with Crippen molar-refractivity contribution in [3.05, 3.63) is 39.8 Å². The van der Waals surface area contributed by atoms with Crippen molar-refractivity contribution in [2.75, 3.05) is 24.7 Å². The number of thiophene rings is 1. The molecule has 0 spiro atoms. The Morgan fingerprint density at radius 2 is 1.96 bits per heavy atom. The van der Waals surface area contributed by atoms with Gasteiger partial charge in [0.2, 0.25) is 5.78 Å². The number of anilines is 2. The first-order valence-electron chi connectivity index (χ1n) is 8.94. The maximum atomic E-state index is 13.2. The number of nitriles is 1. The molecule has 0 amide bonds. The van der Waals surface area contributed by atoms with Crippen LogP contribution < -0.4 is 20.9 Å². The second-order valence-electron chi connectivity index (χ2n) is 6.88. The molecule has 4 N–H and O–H groups in total. The third-order valence-electron chi connectivity index (χ3n) is 5.05. The summed E-state index contributed by atoms with van der Waals surface area (Å²) in [4.78, 5) is 18.5. The van der Waals surface area contributed by atoms with Crippen LogP contribution in [0.25, 0.3) is 10.2 Å². The van der Waals surface area contributed by atoms with Gasteiger partial charge in [0, 0.05) is 10.9 Å². The molecule has 2 aliphatic rings. The smallest absolute Gasteiger partial charge is 0.205 e. The second-order valence-corrected chi connectivity index (χ2v) is 7.88. The Morgan fingerprint density at radius 1 is 1.21 bits per heavy atom. The predicted octanol–water partition coefficient (Wildman–Crippen LogP) is 3.21. The van der Waals surface area contributed by atoms with Crippen LogP contribution >= 0.6 is 11.3 Å². The summed E-state index contributed by atoms with van der Waals surface area (Å²) in [7, 11) is 0. The molecule has 1 saturated carbocycles. The molecule has 5 rings (SSSR count). The van der Waals surface area contributed by atoms with E-state index in [1.54, 1.807) is 18.2 Å². The average molecular weight is 392 g/mol. The number of pyridine rings is 1. The molecule has 3 heterocycles. The lowest BCUT2D eigenvalue weighted by Crippen LogP contribution is -2.15. The van der Waals surface area contributed by atoms with Gasteiger partial charge in [0.25, 0.3) is 0 Å². The molecule has 3 aromatic rings. The fourth-order valence-corrected chi connectivity index (χ4v) is 4.66. The minimum absolute atomic E-state index is 0.191. The standard InChI is InChI=1S/C20H16N4O3S/c21-8-11-14(9-1-2-9)15-16(22)18(28-20(15)24-19(11)23)17(25)10-3-4-12-13(7-10)27-6-5-26-12/h3-4,7,9H,1-2,5-6,22H2,(H2,23,24). The van der Waals surface area contributed by atoms with Crippen molar-refractivity contribution in [2.45, 2.75) is 18.8 Å². The summed E-state index contributed by atoms with van der Waals surface area (Å²) in [6.07, 6.45) is 1.96. The van der Waals surface area contributed by atoms with Gasteiger partial charge in [0.05, 0.1) is 11.3 Å². The highest BCUT2D eigenvalue weighted by molar-refractivity contribution is 7.21. The number of hydrogen-bond donors (Lipinski definition) is 2. The van der Waals surface area contributed by atoms with E-state index >= 15 is 0 Å². The third-order valence-corrected chi connectivity index (χ3v) is 6.15. The molecule has 7 nitrogen and oxygen atoms in total. The van der Waals surface area contributed by atoms with Crippen LogP contribution in [0.4, 0.5) is 11.5 Å². The van der Waals surface area contributed by atoms with Gasteiger partial charge in [-0.3, -0.25) is 4.79 Å². The number of ether oxygens (including phenoxy) is 2. The minimum atomic E-state index is -0.212. The Morgan fingerprint density at radius 3 is 2.68 bits per heavy atom. The zero-order valence-electron chi connectivity index (χ0n) is 14.8. The summed E-state index contributed by atoms with van der Waals surface area (Å²) in [6.45, 7) is 0.933. The van der Waals surface area contributed by atoms with Crippen LogP contribution in [0.2, 0.25) is 0 Å². The van der Waals surface area contributed by atoms with Crippen LogP contribution in [0.3, 0.4) is 0 Å². The van der Waals surface area contributed by atoms with Crippen LogP contribution in [-0.2, 0) is 0 Å². The van der Waals surface area contributed by atoms with E-state index in [1.807, 2.05) is 0 Å². The number of rotatable bonds is 3. The number of fused-ring (bicyclic) bond motifs is 2. The van der Waals surface area contributed by atoms with Gasteiger partial charge in [-0.05, 0) is 42.5 Å². The zero-order chi connectivity index (χ0) is 19.4. The number of carbonyl (C=O) groups excluding carboxylic acids is 1. The topological polar surface area (TPSA) is 124 Å². The van der Waals surface area contributed by atoms with Crippen molar-refractivity contribution in [1.82, 2.24) is 4.98 Å². The van der Waals surface area contributed by atoms with Crippen molar-refractivity contribution in [3.63, 3.8) is 0 Å². The Bertz CT molecular complexity index is 1190. The summed E-state index contributed by atoms with van der Waals surface area (Å²) in [5, 5.41) is 10.2. The van der Waals surface area contributed by atoms with Gasteiger partial charge in [-0.2, -0.15) is 5.26 Å². The van der Waals surface area contributed by atoms with Gasteiger partial charge >= 0.3 is 0 Å². The Kier molecular flexibility index (Phi) is 3.67. The van der Waals surface area contributed by atoms with Crippen LogP contribution in [0.1, 0.15) is 45.1 Å². The predicted molar refractivity (Wildman–Crippen MR) is 106 cm³/mol. The summed E-state index contributed by atoms with van der Waals surface area (Å²) in [5.41, 5.74) is 14.4. The van der Waals surface area contributed by atoms with E-state index in [2.05, 4.69) is 11.1 Å². The highest BCUT2D eigenvalue weighted by Gasteiger charge is 2.33. The molecule has 0 unspecified atom stereocenters. The summed E-state index contributed by atoms with van der Waals surface area (Å²) >= 11 is 1.21. The van der Waals surface area contributed by atoms with Gasteiger partial charge < -0.3 is 20.9 Å². The van der Waals surface area contributed by atoms with Gasteiger partial charge in [-0.15, -0.1) is 11.3 Å². The van der Waals surface area contributed by atoms with Crippen molar-refractivity contribution in [2.24, 2.45) is 0 Å². The number of nitrogen functional groups attached to an aromatic ring is 2. The Hall–Kier alpha value is -3.31. The van der Waals surface area contributed by atoms with Crippen LogP contribution in [0.15, 0.2) is 18.2 Å². The number of aromatic nitrogens is 1. The molecule has 0 bridgehead atoms. The monoisotopic (exact) mass is 392 g/mol. The fraction of sp³-hybridized carbons (Fsp3) is 0.250. The van der Waals surface area contributed by atoms with Crippen molar-refractivity contribution < 1.29 is 14.3 Å². The quantitative estimate of drug-likeness (QED) is 0.656. The van der Waals surface area contributed by atoms with Gasteiger partial charge in [0.1, 0.15) is 34.8 Å². The summed E-state index contributed by atoms with van der Waals surface area (Å²) in [5.74, 6) is 1.39. The number of nitrogens with two attached hydrogens (primary N) is 2. The van der Waals surface area contributed by atoms with Crippen molar-refractivity contribution in [1.29, 1.82) is 5.26 Å². The molecule has 1 fully saturated rings. The molecule has 28 heavy (non-hydrogen) atoms. The molecule has 0 saturated heterocycles. The Balaban J connectivity index is 1.66. The average Bonchev–Trinajstić information content (AvgIpc) is 3.50. The lowest BCUT2D eigenvalue weighted by atomic mass is 9.99. The number of carbonyl (C=O) groups is 1. The normalized spacial score (nSPS) is 15.4. The molecule has 1 aliphatic heterocycles. The molecule has 140 valence electrons. The number of benzene rings is 1. The van der Waals surface area contributed by atoms with Crippen molar-refractivity contribution >= 4 is 38.8 Å². The van der Waals surface area contributed by atoms with E-state index in [1.165, 1.54) is 11.3 Å². The van der Waals surface area contributed by atoms with E-state index in [0.717, 1.165) is 18.4 Å². The first-order chi connectivity index (χ1) is 13.6. The van der Waals surface area contributed by atoms with E-state index < -0.39 is 0 Å². The van der Waals surface area contributed by atoms with Gasteiger partial charge in [0.15, 0.2) is 11.5 Å². The third kappa shape index (κ3) is 2.47. The van der Waals surface area contributed by atoms with E-state index in [4.69, 9.17) is 20.9 Å². The molecule has 1 aliphatic carbocycles. The second kappa shape index (κ2) is 6.11. The zero-order valence-corrected chi connectivity index (χ0v) is 15.6. The molecule has 8 heteroatoms. The van der Waals surface area contributed by atoms with Crippen LogP contribution in [0.5, 0.6) is 11.5 Å². The molecule has 1 aromatic carbocycles. The van der Waals surface area contributed by atoms with E-state index in [-0.39, 0.29) is 17.5 Å². The lowest BCUT2D eigenvalue weighted by molar-refractivity contribution is 0.104. The molecule has 2 aromatic heterocycles. The molecule has 0 atom stereocenters. The van der Waals surface area contributed by atoms with Crippen LogP contribution in [-0.4, -0.2) is 24.0 Å². The highest BCUT2D eigenvalue weighted by atomic mass is 32.1. The fourth-order valence-electron chi connectivity index (χ4n) is 3.58. The summed E-state index contributed by atoms with van der Waals surface area (Å²) < 4.78 is 11.1. The van der Waals surface area contributed by atoms with Gasteiger partial charge in [-0.1, -0.05) is 0 Å². The minimum Gasteiger partial charge on any atom is -0.486 e. The first kappa shape index (κ1) is 16.8. The van der Waals surface area contributed by atoms with Crippen LogP contribution in [0, 0.1) is 11.3 Å². The number of hydrogen-bond acceptors (Lipinski definition) is 8. The number of nitrogens with zero attached hydrogens (tertiary/aromatic N) is 2. The first-order valence-corrected chi connectivity index (χ1v) is 9.76. The SMILES string of the molecule is N#Cc1c(N)nc2sc(C(=O)c3ccc4c(c3)OCCO4)c(N)c2c1C1CC1. The highest BCUT2D eigenvalue weighted by Crippen LogP contribution is 2.49. The van der Waals surface area contributed by atoms with Gasteiger partial charge in [-0.25, -0.2) is 4.98 Å². The number of ketones is 1. The van der Waals surface area contributed by atoms with E-state index in [0.29, 0.717) is 56.6 Å². The molecule has 0 radical (unpaired) electrons. The molecular weight excluding hydrogens is 376 g/mol. The maximum absolute atomic E-state index is 13.2. The Labute approximate surface area is 164 Å². The molecular formula is C20H16N4O3S. The van der Waals surface area contributed by atoms with E-state index in [9.17, 15) is 10.1 Å². The lowest BCUT2D eigenvalue weighted by Gasteiger charge is -2.18.